The highest BCUT2D eigenvalue weighted by molar-refractivity contribution is 9.10. The molecule has 0 aliphatic carbocycles. The van der Waals surface area contributed by atoms with Gasteiger partial charge < -0.3 is 5.32 Å². The topological polar surface area (TPSA) is 29.1 Å². The van der Waals surface area contributed by atoms with Gasteiger partial charge in [-0.3, -0.25) is 4.79 Å². The summed E-state index contributed by atoms with van der Waals surface area (Å²) in [5.41, 5.74) is 0.237. The summed E-state index contributed by atoms with van der Waals surface area (Å²) in [4.78, 5) is 11.8. The molecular formula is C14H9BrClF2NO. The molecule has 0 unspecified atom stereocenters. The van der Waals surface area contributed by atoms with Gasteiger partial charge in [0.1, 0.15) is 11.6 Å². The van der Waals surface area contributed by atoms with Crippen molar-refractivity contribution in [2.75, 3.05) is 5.32 Å². The maximum atomic E-state index is 13.4. The molecule has 0 saturated carbocycles. The number of carbonyl (C=O) groups is 1. The number of anilines is 1. The second-order valence-corrected chi connectivity index (χ2v) is 5.32. The van der Waals surface area contributed by atoms with Crippen LogP contribution < -0.4 is 5.32 Å². The smallest absolute Gasteiger partial charge is 0.229 e. The fourth-order valence-electron chi connectivity index (χ4n) is 1.64. The predicted molar refractivity (Wildman–Crippen MR) is 77.8 cm³/mol. The van der Waals surface area contributed by atoms with Crippen LogP contribution in [0.1, 0.15) is 5.56 Å². The highest BCUT2D eigenvalue weighted by atomic mass is 79.9. The summed E-state index contributed by atoms with van der Waals surface area (Å²) < 4.78 is 27.5. The fourth-order valence-corrected chi connectivity index (χ4v) is 2.14. The van der Waals surface area contributed by atoms with E-state index in [1.165, 1.54) is 6.07 Å². The number of hydrogen-bond donors (Lipinski definition) is 1. The lowest BCUT2D eigenvalue weighted by Crippen LogP contribution is -2.16. The minimum atomic E-state index is -0.738. The molecule has 0 fully saturated rings. The Morgan fingerprint density at radius 3 is 2.45 bits per heavy atom. The molecule has 2 rings (SSSR count). The molecule has 0 aliphatic heterocycles. The Morgan fingerprint density at radius 2 is 1.85 bits per heavy atom. The molecule has 6 heteroatoms. The average Bonchev–Trinajstić information content (AvgIpc) is 2.38. The zero-order valence-corrected chi connectivity index (χ0v) is 12.4. The van der Waals surface area contributed by atoms with E-state index in [1.807, 2.05) is 0 Å². The van der Waals surface area contributed by atoms with Crippen molar-refractivity contribution in [3.05, 3.63) is 63.1 Å². The van der Waals surface area contributed by atoms with Gasteiger partial charge in [0, 0.05) is 15.7 Å². The number of halogens is 4. The molecule has 1 N–H and O–H groups in total. The molecule has 0 radical (unpaired) electrons. The van der Waals surface area contributed by atoms with E-state index in [4.69, 9.17) is 11.6 Å². The van der Waals surface area contributed by atoms with Crippen LogP contribution in [0, 0.1) is 11.6 Å². The first-order chi connectivity index (χ1) is 9.47. The molecule has 2 aromatic rings. The molecular weight excluding hydrogens is 352 g/mol. The standard InChI is InChI=1S/C14H9BrClF2NO/c15-10-6-8(4-5-11(10)16)19-14(20)7-9-12(17)2-1-3-13(9)18/h1-6H,7H2,(H,19,20). The molecule has 0 spiro atoms. The Labute approximate surface area is 127 Å². The number of hydrogen-bond acceptors (Lipinski definition) is 1. The number of nitrogens with one attached hydrogen (secondary N) is 1. The van der Waals surface area contributed by atoms with Gasteiger partial charge in [0.15, 0.2) is 0 Å². The molecule has 0 atom stereocenters. The third-order valence-electron chi connectivity index (χ3n) is 2.60. The van der Waals surface area contributed by atoms with E-state index in [0.29, 0.717) is 15.2 Å². The maximum Gasteiger partial charge on any atom is 0.229 e. The molecule has 2 nitrogen and oxygen atoms in total. The summed E-state index contributed by atoms with van der Waals surface area (Å²) in [7, 11) is 0. The number of benzene rings is 2. The van der Waals surface area contributed by atoms with Crippen molar-refractivity contribution >= 4 is 39.1 Å². The summed E-state index contributed by atoms with van der Waals surface area (Å²) >= 11 is 9.05. The van der Waals surface area contributed by atoms with Crippen LogP contribution in [-0.2, 0) is 11.2 Å². The van der Waals surface area contributed by atoms with Gasteiger partial charge in [-0.15, -0.1) is 0 Å². The van der Waals surface area contributed by atoms with Gasteiger partial charge in [0.25, 0.3) is 0 Å². The van der Waals surface area contributed by atoms with Gasteiger partial charge in [-0.1, -0.05) is 17.7 Å². The van der Waals surface area contributed by atoms with Crippen molar-refractivity contribution in [3.8, 4) is 0 Å². The minimum absolute atomic E-state index is 0.252. The summed E-state index contributed by atoms with van der Waals surface area (Å²) in [5.74, 6) is -1.99. The fraction of sp³-hybridized carbons (Fsp3) is 0.0714. The van der Waals surface area contributed by atoms with E-state index in [0.717, 1.165) is 12.1 Å². The zero-order valence-electron chi connectivity index (χ0n) is 10.1. The maximum absolute atomic E-state index is 13.4. The normalized spacial score (nSPS) is 10.4. The Morgan fingerprint density at radius 1 is 1.20 bits per heavy atom. The number of amides is 1. The van der Waals surface area contributed by atoms with E-state index in [9.17, 15) is 13.6 Å². The molecule has 0 aromatic heterocycles. The largest absolute Gasteiger partial charge is 0.326 e. The van der Waals surface area contributed by atoms with Crippen molar-refractivity contribution in [2.24, 2.45) is 0 Å². The van der Waals surface area contributed by atoms with E-state index in [1.54, 1.807) is 18.2 Å². The van der Waals surface area contributed by atoms with E-state index in [2.05, 4.69) is 21.2 Å². The summed E-state index contributed by atoms with van der Waals surface area (Å²) in [6, 6.07) is 8.29. The average molecular weight is 361 g/mol. The summed E-state index contributed by atoms with van der Waals surface area (Å²) in [6.07, 6.45) is -0.376. The molecule has 0 saturated heterocycles. The lowest BCUT2D eigenvalue weighted by molar-refractivity contribution is -0.115. The molecule has 20 heavy (non-hydrogen) atoms. The second kappa shape index (κ2) is 6.33. The molecule has 1 amide bonds. The molecule has 104 valence electrons. The van der Waals surface area contributed by atoms with Crippen molar-refractivity contribution in [1.29, 1.82) is 0 Å². The van der Waals surface area contributed by atoms with Gasteiger partial charge >= 0.3 is 0 Å². The van der Waals surface area contributed by atoms with Crippen molar-refractivity contribution in [2.45, 2.75) is 6.42 Å². The van der Waals surface area contributed by atoms with E-state index >= 15 is 0 Å². The van der Waals surface area contributed by atoms with Crippen LogP contribution >= 0.6 is 27.5 Å². The molecule has 0 aliphatic rings. The molecule has 0 heterocycles. The first kappa shape index (κ1) is 14.9. The van der Waals surface area contributed by atoms with Gasteiger partial charge in [0.2, 0.25) is 5.91 Å². The first-order valence-corrected chi connectivity index (χ1v) is 6.82. The molecule has 0 bridgehead atoms. The number of rotatable bonds is 3. The van der Waals surface area contributed by atoms with Gasteiger partial charge in [-0.2, -0.15) is 0 Å². The Bertz CT molecular complexity index is 643. The lowest BCUT2D eigenvalue weighted by atomic mass is 10.1. The van der Waals surface area contributed by atoms with Crippen molar-refractivity contribution in [1.82, 2.24) is 0 Å². The first-order valence-electron chi connectivity index (χ1n) is 5.65. The van der Waals surface area contributed by atoms with Gasteiger partial charge in [-0.25, -0.2) is 8.78 Å². The van der Waals surface area contributed by atoms with Crippen LogP contribution in [0.5, 0.6) is 0 Å². The van der Waals surface area contributed by atoms with Crippen molar-refractivity contribution in [3.63, 3.8) is 0 Å². The van der Waals surface area contributed by atoms with Crippen molar-refractivity contribution < 1.29 is 13.6 Å². The van der Waals surface area contributed by atoms with Crippen LogP contribution in [-0.4, -0.2) is 5.91 Å². The third-order valence-corrected chi connectivity index (χ3v) is 3.82. The SMILES string of the molecule is O=C(Cc1c(F)cccc1F)Nc1ccc(Cl)c(Br)c1. The van der Waals surface area contributed by atoms with E-state index < -0.39 is 17.5 Å². The van der Waals surface area contributed by atoms with Crippen LogP contribution in [0.2, 0.25) is 5.02 Å². The predicted octanol–water partition coefficient (Wildman–Crippen LogP) is 4.56. The van der Waals surface area contributed by atoms with Crippen LogP contribution in [0.3, 0.4) is 0 Å². The monoisotopic (exact) mass is 359 g/mol. The Hall–Kier alpha value is -1.46. The molecule has 2 aromatic carbocycles. The minimum Gasteiger partial charge on any atom is -0.326 e. The van der Waals surface area contributed by atoms with Crippen LogP contribution in [0.25, 0.3) is 0 Å². The van der Waals surface area contributed by atoms with E-state index in [-0.39, 0.29) is 12.0 Å². The highest BCUT2D eigenvalue weighted by Crippen LogP contribution is 2.25. The van der Waals surface area contributed by atoms with Crippen LogP contribution in [0.15, 0.2) is 40.9 Å². The zero-order chi connectivity index (χ0) is 14.7. The highest BCUT2D eigenvalue weighted by Gasteiger charge is 2.13. The lowest BCUT2D eigenvalue weighted by Gasteiger charge is -2.08. The summed E-state index contributed by atoms with van der Waals surface area (Å²) in [5, 5.41) is 3.05. The van der Waals surface area contributed by atoms with Crippen LogP contribution in [0.4, 0.5) is 14.5 Å². The number of carbonyl (C=O) groups excluding carboxylic acids is 1. The summed E-state index contributed by atoms with van der Waals surface area (Å²) in [6.45, 7) is 0. The quantitative estimate of drug-likeness (QED) is 0.854. The van der Waals surface area contributed by atoms with Gasteiger partial charge in [0.05, 0.1) is 11.4 Å². The Balaban J connectivity index is 2.11. The Kier molecular flexibility index (Phi) is 4.73. The second-order valence-electron chi connectivity index (χ2n) is 4.05. The van der Waals surface area contributed by atoms with Gasteiger partial charge in [-0.05, 0) is 46.3 Å². The third kappa shape index (κ3) is 3.55.